The molecule has 0 saturated carbocycles. The average molecular weight is 265 g/mol. The van der Waals surface area contributed by atoms with Crippen molar-refractivity contribution in [3.8, 4) is 0 Å². The maximum absolute atomic E-state index is 11.2. The first-order valence-electron chi connectivity index (χ1n) is 6.98. The van der Waals surface area contributed by atoms with E-state index in [1.54, 1.807) is 4.68 Å². The molecule has 0 spiro atoms. The number of nitrogens with zero attached hydrogens (tertiary/aromatic N) is 3. The standard InChI is InChI=1S/C13H19N3O3/c17-13(18)10-2-1-5-16-12(10)14-11(15-16)8-9-3-6-19-7-4-9/h9-10H,1-8H2,(H,17,18). The van der Waals surface area contributed by atoms with Gasteiger partial charge in [0.05, 0.1) is 0 Å². The number of rotatable bonds is 3. The molecule has 19 heavy (non-hydrogen) atoms. The summed E-state index contributed by atoms with van der Waals surface area (Å²) in [4.78, 5) is 15.7. The van der Waals surface area contributed by atoms with Gasteiger partial charge in [0.25, 0.3) is 0 Å². The van der Waals surface area contributed by atoms with Gasteiger partial charge in [-0.1, -0.05) is 0 Å². The molecule has 1 atom stereocenters. The number of carbonyl (C=O) groups is 1. The summed E-state index contributed by atoms with van der Waals surface area (Å²) in [5, 5.41) is 13.7. The molecule has 0 amide bonds. The number of hydrogen-bond donors (Lipinski definition) is 1. The molecular weight excluding hydrogens is 246 g/mol. The van der Waals surface area contributed by atoms with E-state index in [-0.39, 0.29) is 0 Å². The number of aryl methyl sites for hydroxylation is 1. The van der Waals surface area contributed by atoms with E-state index in [4.69, 9.17) is 4.74 Å². The second kappa shape index (κ2) is 5.28. The van der Waals surface area contributed by atoms with Crippen molar-refractivity contribution in [1.82, 2.24) is 14.8 Å². The molecule has 3 heterocycles. The van der Waals surface area contributed by atoms with Crippen LogP contribution in [-0.4, -0.2) is 39.1 Å². The molecule has 0 radical (unpaired) electrons. The predicted octanol–water partition coefficient (Wildman–Crippen LogP) is 1.21. The Bertz CT molecular complexity index is 466. The molecule has 1 saturated heterocycles. The van der Waals surface area contributed by atoms with Gasteiger partial charge in [-0.25, -0.2) is 9.67 Å². The van der Waals surface area contributed by atoms with Crippen molar-refractivity contribution in [1.29, 1.82) is 0 Å². The van der Waals surface area contributed by atoms with Gasteiger partial charge in [-0.05, 0) is 31.6 Å². The fraction of sp³-hybridized carbons (Fsp3) is 0.769. The molecule has 6 nitrogen and oxygen atoms in total. The van der Waals surface area contributed by atoms with E-state index in [2.05, 4.69) is 10.1 Å². The molecule has 3 rings (SSSR count). The van der Waals surface area contributed by atoms with Gasteiger partial charge in [0, 0.05) is 26.2 Å². The van der Waals surface area contributed by atoms with Crippen LogP contribution >= 0.6 is 0 Å². The molecule has 2 aliphatic heterocycles. The first kappa shape index (κ1) is 12.6. The van der Waals surface area contributed by atoms with Crippen molar-refractivity contribution in [2.75, 3.05) is 13.2 Å². The summed E-state index contributed by atoms with van der Waals surface area (Å²) in [7, 11) is 0. The number of aliphatic carboxylic acids is 1. The minimum atomic E-state index is -0.786. The van der Waals surface area contributed by atoms with Crippen LogP contribution in [0.1, 0.15) is 43.3 Å². The lowest BCUT2D eigenvalue weighted by Crippen LogP contribution is -2.22. The quantitative estimate of drug-likeness (QED) is 0.888. The zero-order chi connectivity index (χ0) is 13.2. The third-order valence-corrected chi connectivity index (χ3v) is 4.03. The van der Waals surface area contributed by atoms with Crippen molar-refractivity contribution >= 4 is 5.97 Å². The van der Waals surface area contributed by atoms with E-state index in [1.807, 2.05) is 0 Å². The molecule has 1 aromatic heterocycles. The van der Waals surface area contributed by atoms with Crippen LogP contribution in [0.3, 0.4) is 0 Å². The van der Waals surface area contributed by atoms with Crippen molar-refractivity contribution in [3.05, 3.63) is 11.6 Å². The van der Waals surface area contributed by atoms with Crippen LogP contribution in [0.25, 0.3) is 0 Å². The first-order chi connectivity index (χ1) is 9.24. The molecule has 104 valence electrons. The highest BCUT2D eigenvalue weighted by Crippen LogP contribution is 2.27. The van der Waals surface area contributed by atoms with E-state index >= 15 is 0 Å². The second-order valence-corrected chi connectivity index (χ2v) is 5.40. The van der Waals surface area contributed by atoms with Gasteiger partial charge in [0.2, 0.25) is 0 Å². The van der Waals surface area contributed by atoms with Gasteiger partial charge < -0.3 is 9.84 Å². The van der Waals surface area contributed by atoms with E-state index in [0.29, 0.717) is 18.2 Å². The summed E-state index contributed by atoms with van der Waals surface area (Å²) in [6.45, 7) is 2.42. The molecular formula is C13H19N3O3. The number of aromatic nitrogens is 3. The Labute approximate surface area is 111 Å². The molecule has 1 N–H and O–H groups in total. The van der Waals surface area contributed by atoms with E-state index in [0.717, 1.165) is 51.3 Å². The summed E-state index contributed by atoms with van der Waals surface area (Å²) in [6, 6.07) is 0. The lowest BCUT2D eigenvalue weighted by Gasteiger charge is -2.20. The molecule has 0 aliphatic carbocycles. The lowest BCUT2D eigenvalue weighted by molar-refractivity contribution is -0.139. The summed E-state index contributed by atoms with van der Waals surface area (Å²) >= 11 is 0. The number of ether oxygens (including phenoxy) is 1. The second-order valence-electron chi connectivity index (χ2n) is 5.40. The van der Waals surface area contributed by atoms with Crippen molar-refractivity contribution in [2.24, 2.45) is 5.92 Å². The van der Waals surface area contributed by atoms with Crippen LogP contribution in [0.15, 0.2) is 0 Å². The van der Waals surface area contributed by atoms with E-state index in [1.165, 1.54) is 0 Å². The molecule has 0 bridgehead atoms. The van der Waals surface area contributed by atoms with Gasteiger partial charge in [0.15, 0.2) is 5.82 Å². The minimum absolute atomic E-state index is 0.482. The number of carboxylic acids is 1. The van der Waals surface area contributed by atoms with Gasteiger partial charge in [-0.15, -0.1) is 0 Å². The van der Waals surface area contributed by atoms with Gasteiger partial charge in [-0.3, -0.25) is 4.79 Å². The Morgan fingerprint density at radius 1 is 1.37 bits per heavy atom. The summed E-state index contributed by atoms with van der Waals surface area (Å²) in [5.41, 5.74) is 0. The molecule has 1 unspecified atom stereocenters. The minimum Gasteiger partial charge on any atom is -0.481 e. The molecule has 2 aliphatic rings. The molecule has 0 aromatic carbocycles. The van der Waals surface area contributed by atoms with Crippen LogP contribution < -0.4 is 0 Å². The molecule has 6 heteroatoms. The zero-order valence-electron chi connectivity index (χ0n) is 10.9. The SMILES string of the molecule is O=C(O)C1CCCn2nc(CC3CCOCC3)nc21. The van der Waals surface area contributed by atoms with Crippen molar-refractivity contribution in [2.45, 2.75) is 44.6 Å². The number of carboxylic acid groups (broad SMARTS) is 1. The predicted molar refractivity (Wildman–Crippen MR) is 66.9 cm³/mol. The number of hydrogen-bond acceptors (Lipinski definition) is 4. The maximum atomic E-state index is 11.2. The fourth-order valence-corrected chi connectivity index (χ4v) is 2.93. The van der Waals surface area contributed by atoms with Crippen LogP contribution in [-0.2, 0) is 22.5 Å². The third kappa shape index (κ3) is 2.63. The summed E-state index contributed by atoms with van der Waals surface area (Å²) in [6.07, 6.45) is 4.48. The Morgan fingerprint density at radius 3 is 2.89 bits per heavy atom. The fourth-order valence-electron chi connectivity index (χ4n) is 2.93. The van der Waals surface area contributed by atoms with Crippen LogP contribution in [0.5, 0.6) is 0 Å². The highest BCUT2D eigenvalue weighted by Gasteiger charge is 2.30. The van der Waals surface area contributed by atoms with E-state index < -0.39 is 11.9 Å². The van der Waals surface area contributed by atoms with Crippen molar-refractivity contribution in [3.63, 3.8) is 0 Å². The Kier molecular flexibility index (Phi) is 3.50. The van der Waals surface area contributed by atoms with Crippen molar-refractivity contribution < 1.29 is 14.6 Å². The summed E-state index contributed by atoms with van der Waals surface area (Å²) in [5.74, 6) is 0.744. The largest absolute Gasteiger partial charge is 0.481 e. The van der Waals surface area contributed by atoms with Gasteiger partial charge >= 0.3 is 5.97 Å². The van der Waals surface area contributed by atoms with Crippen LogP contribution in [0.2, 0.25) is 0 Å². The highest BCUT2D eigenvalue weighted by atomic mass is 16.5. The maximum Gasteiger partial charge on any atom is 0.314 e. The Hall–Kier alpha value is -1.43. The normalized spacial score (nSPS) is 24.1. The van der Waals surface area contributed by atoms with Crippen LogP contribution in [0, 0.1) is 5.92 Å². The van der Waals surface area contributed by atoms with Crippen LogP contribution in [0.4, 0.5) is 0 Å². The number of fused-ring (bicyclic) bond motifs is 1. The Balaban J connectivity index is 1.75. The third-order valence-electron chi connectivity index (χ3n) is 4.03. The first-order valence-corrected chi connectivity index (χ1v) is 6.98. The van der Waals surface area contributed by atoms with Gasteiger partial charge in [-0.2, -0.15) is 5.10 Å². The smallest absolute Gasteiger partial charge is 0.314 e. The summed E-state index contributed by atoms with van der Waals surface area (Å²) < 4.78 is 7.13. The highest BCUT2D eigenvalue weighted by molar-refractivity contribution is 5.75. The molecule has 1 fully saturated rings. The van der Waals surface area contributed by atoms with Gasteiger partial charge in [0.1, 0.15) is 11.7 Å². The van der Waals surface area contributed by atoms with E-state index in [9.17, 15) is 9.90 Å². The Morgan fingerprint density at radius 2 is 2.16 bits per heavy atom. The average Bonchev–Trinajstić information content (AvgIpc) is 2.81. The monoisotopic (exact) mass is 265 g/mol. The zero-order valence-corrected chi connectivity index (χ0v) is 10.9. The lowest BCUT2D eigenvalue weighted by atomic mass is 9.96. The topological polar surface area (TPSA) is 77.2 Å². The molecule has 1 aromatic rings.